The van der Waals surface area contributed by atoms with Crippen molar-refractivity contribution < 1.29 is 24.2 Å². The zero-order valence-corrected chi connectivity index (χ0v) is 19.5. The average molecular weight is 465 g/mol. The van der Waals surface area contributed by atoms with Crippen molar-refractivity contribution in [3.63, 3.8) is 0 Å². The summed E-state index contributed by atoms with van der Waals surface area (Å²) in [6.45, 7) is 2.40. The number of aliphatic carboxylic acids is 1. The number of nitrogens with one attached hydrogen (secondary N) is 2. The number of hydrogen-bond acceptors (Lipinski definition) is 4. The van der Waals surface area contributed by atoms with E-state index in [-0.39, 0.29) is 42.7 Å². The lowest BCUT2D eigenvalue weighted by molar-refractivity contribution is -0.138. The zero-order valence-electron chi connectivity index (χ0n) is 19.5. The summed E-state index contributed by atoms with van der Waals surface area (Å²) in [5.41, 5.74) is 4.71. The maximum Gasteiger partial charge on any atom is 0.407 e. The number of benzene rings is 2. The number of amides is 2. The number of carboxylic acid groups (broad SMARTS) is 1. The molecule has 1 unspecified atom stereocenters. The Morgan fingerprint density at radius 1 is 1.03 bits per heavy atom. The molecule has 0 aromatic heterocycles. The summed E-state index contributed by atoms with van der Waals surface area (Å²) in [6, 6.07) is 16.3. The van der Waals surface area contributed by atoms with Gasteiger partial charge in [0.1, 0.15) is 6.61 Å². The minimum atomic E-state index is -0.869. The van der Waals surface area contributed by atoms with Gasteiger partial charge in [0.25, 0.3) is 0 Å². The van der Waals surface area contributed by atoms with Crippen LogP contribution in [0.4, 0.5) is 4.79 Å². The number of carboxylic acids is 1. The van der Waals surface area contributed by atoms with Crippen LogP contribution in [0.5, 0.6) is 0 Å². The van der Waals surface area contributed by atoms with Crippen LogP contribution >= 0.6 is 0 Å². The maximum atomic E-state index is 12.6. The highest BCUT2D eigenvalue weighted by Gasteiger charge is 2.31. The van der Waals surface area contributed by atoms with Gasteiger partial charge in [-0.1, -0.05) is 61.9 Å². The third kappa shape index (κ3) is 5.58. The van der Waals surface area contributed by atoms with Crippen molar-refractivity contribution in [2.24, 2.45) is 11.8 Å². The highest BCUT2D eigenvalue weighted by atomic mass is 16.5. The molecule has 2 aromatic rings. The van der Waals surface area contributed by atoms with E-state index in [1.165, 1.54) is 22.3 Å². The predicted molar refractivity (Wildman–Crippen MR) is 128 cm³/mol. The van der Waals surface area contributed by atoms with Crippen molar-refractivity contribution in [3.05, 3.63) is 59.7 Å². The molecular formula is C27H32N2O5. The van der Waals surface area contributed by atoms with E-state index in [4.69, 9.17) is 9.84 Å². The van der Waals surface area contributed by atoms with E-state index in [2.05, 4.69) is 34.9 Å². The summed E-state index contributed by atoms with van der Waals surface area (Å²) in [5.74, 6) is -1.25. The molecule has 2 aliphatic rings. The summed E-state index contributed by atoms with van der Waals surface area (Å²) < 4.78 is 5.65. The number of ether oxygens (including phenoxy) is 1. The van der Waals surface area contributed by atoms with Crippen LogP contribution in [0, 0.1) is 11.8 Å². The molecule has 0 heterocycles. The number of fused-ring (bicyclic) bond motifs is 3. The van der Waals surface area contributed by atoms with Crippen molar-refractivity contribution >= 4 is 18.0 Å². The molecule has 3 atom stereocenters. The second-order valence-corrected chi connectivity index (χ2v) is 9.48. The fraction of sp³-hybridized carbons (Fsp3) is 0.444. The van der Waals surface area contributed by atoms with Gasteiger partial charge in [-0.2, -0.15) is 0 Å². The molecule has 2 amide bonds. The van der Waals surface area contributed by atoms with E-state index in [1.807, 2.05) is 24.3 Å². The van der Waals surface area contributed by atoms with Crippen LogP contribution in [0.1, 0.15) is 56.1 Å². The van der Waals surface area contributed by atoms with Crippen molar-refractivity contribution in [1.82, 2.24) is 10.6 Å². The molecule has 0 bridgehead atoms. The summed E-state index contributed by atoms with van der Waals surface area (Å²) in [7, 11) is 0. The third-order valence-electron chi connectivity index (χ3n) is 6.86. The Hall–Kier alpha value is -3.35. The first kappa shape index (κ1) is 23.8. The maximum absolute atomic E-state index is 12.6. The highest BCUT2D eigenvalue weighted by Crippen LogP contribution is 2.44. The van der Waals surface area contributed by atoms with E-state index in [1.54, 1.807) is 6.92 Å². The Morgan fingerprint density at radius 3 is 2.32 bits per heavy atom. The highest BCUT2D eigenvalue weighted by molar-refractivity contribution is 5.80. The molecule has 0 spiro atoms. The minimum Gasteiger partial charge on any atom is -0.481 e. The first-order valence-electron chi connectivity index (χ1n) is 12.0. The van der Waals surface area contributed by atoms with Gasteiger partial charge in [0.15, 0.2) is 0 Å². The summed E-state index contributed by atoms with van der Waals surface area (Å²) in [6.07, 6.45) is 2.55. The summed E-state index contributed by atoms with van der Waals surface area (Å²) in [4.78, 5) is 35.9. The lowest BCUT2D eigenvalue weighted by Gasteiger charge is -2.29. The third-order valence-corrected chi connectivity index (χ3v) is 6.86. The summed E-state index contributed by atoms with van der Waals surface area (Å²) >= 11 is 0. The molecule has 0 aliphatic heterocycles. The zero-order chi connectivity index (χ0) is 24.1. The molecule has 1 saturated carbocycles. The number of alkyl carbamates (subject to hydrolysis) is 1. The predicted octanol–water partition coefficient (Wildman–Crippen LogP) is 4.31. The van der Waals surface area contributed by atoms with Crippen LogP contribution in [0.2, 0.25) is 0 Å². The average Bonchev–Trinajstić information content (AvgIpc) is 3.15. The van der Waals surface area contributed by atoms with Crippen LogP contribution in [-0.4, -0.2) is 42.3 Å². The van der Waals surface area contributed by atoms with E-state index >= 15 is 0 Å². The normalized spacial score (nSPS) is 20.0. The van der Waals surface area contributed by atoms with Gasteiger partial charge in [0, 0.05) is 30.8 Å². The Kier molecular flexibility index (Phi) is 7.50. The number of carbonyl (C=O) groups excluding carboxylic acids is 2. The Labute approximate surface area is 199 Å². The molecule has 34 heavy (non-hydrogen) atoms. The smallest absolute Gasteiger partial charge is 0.407 e. The lowest BCUT2D eigenvalue weighted by Crippen LogP contribution is -2.43. The standard InChI is InChI=1S/C27H32N2O5/c1-17(13-25(30)31)15-28-26(32)18-7-6-8-19(14-18)29-27(33)34-16-24-22-11-4-2-9-20(22)21-10-3-5-12-23(21)24/h2-5,9-12,17-19,24H,6-8,13-16H2,1H3,(H,28,32)(H,29,33)(H,30,31)/t17?,18-,19-/m1/s1. The van der Waals surface area contributed by atoms with Gasteiger partial charge in [-0.3, -0.25) is 9.59 Å². The fourth-order valence-corrected chi connectivity index (χ4v) is 5.16. The minimum absolute atomic E-state index is 0.0100. The molecule has 2 aliphatic carbocycles. The number of hydrogen-bond donors (Lipinski definition) is 3. The summed E-state index contributed by atoms with van der Waals surface area (Å²) in [5, 5.41) is 14.7. The fourth-order valence-electron chi connectivity index (χ4n) is 5.16. The molecule has 0 radical (unpaired) electrons. The molecule has 1 fully saturated rings. The Balaban J connectivity index is 1.27. The van der Waals surface area contributed by atoms with Gasteiger partial charge < -0.3 is 20.5 Å². The van der Waals surface area contributed by atoms with Crippen molar-refractivity contribution in [3.8, 4) is 11.1 Å². The van der Waals surface area contributed by atoms with Gasteiger partial charge in [-0.25, -0.2) is 4.79 Å². The monoisotopic (exact) mass is 464 g/mol. The van der Waals surface area contributed by atoms with Crippen LogP contribution < -0.4 is 10.6 Å². The molecular weight excluding hydrogens is 432 g/mol. The first-order chi connectivity index (χ1) is 16.4. The van der Waals surface area contributed by atoms with Crippen LogP contribution in [0.15, 0.2) is 48.5 Å². The second-order valence-electron chi connectivity index (χ2n) is 9.48. The van der Waals surface area contributed by atoms with Gasteiger partial charge >= 0.3 is 12.1 Å². The largest absolute Gasteiger partial charge is 0.481 e. The van der Waals surface area contributed by atoms with Gasteiger partial charge in [0.2, 0.25) is 5.91 Å². The van der Waals surface area contributed by atoms with Crippen LogP contribution in [0.3, 0.4) is 0 Å². The topological polar surface area (TPSA) is 105 Å². The number of carbonyl (C=O) groups is 3. The van der Waals surface area contributed by atoms with E-state index < -0.39 is 12.1 Å². The van der Waals surface area contributed by atoms with Gasteiger partial charge in [-0.15, -0.1) is 0 Å². The van der Waals surface area contributed by atoms with Crippen molar-refractivity contribution in [2.75, 3.05) is 13.2 Å². The van der Waals surface area contributed by atoms with Gasteiger partial charge in [-0.05, 0) is 47.4 Å². The molecule has 3 N–H and O–H groups in total. The number of rotatable bonds is 8. The molecule has 4 rings (SSSR count). The molecule has 0 saturated heterocycles. The molecule has 180 valence electrons. The van der Waals surface area contributed by atoms with Crippen molar-refractivity contribution in [1.29, 1.82) is 0 Å². The molecule has 7 nitrogen and oxygen atoms in total. The Bertz CT molecular complexity index is 1010. The quantitative estimate of drug-likeness (QED) is 0.540. The second kappa shape index (κ2) is 10.7. The van der Waals surface area contributed by atoms with Crippen molar-refractivity contribution in [2.45, 2.75) is 51.0 Å². The lowest BCUT2D eigenvalue weighted by atomic mass is 9.85. The van der Waals surface area contributed by atoms with Gasteiger partial charge in [0.05, 0.1) is 0 Å². The van der Waals surface area contributed by atoms with Crippen LogP contribution in [-0.2, 0) is 14.3 Å². The van der Waals surface area contributed by atoms with Crippen LogP contribution in [0.25, 0.3) is 11.1 Å². The SMILES string of the molecule is CC(CNC(=O)[C@@H]1CCC[C@@H](NC(=O)OCC2c3ccccc3-c3ccccc32)C1)CC(=O)O. The van der Waals surface area contributed by atoms with E-state index in [0.717, 1.165) is 19.3 Å². The first-order valence-corrected chi connectivity index (χ1v) is 12.0. The van der Waals surface area contributed by atoms with E-state index in [9.17, 15) is 14.4 Å². The Morgan fingerprint density at radius 2 is 1.68 bits per heavy atom. The van der Waals surface area contributed by atoms with E-state index in [0.29, 0.717) is 13.0 Å². The molecule has 7 heteroatoms. The molecule has 2 aromatic carbocycles.